The van der Waals surface area contributed by atoms with Crippen molar-refractivity contribution >= 4 is 17.0 Å². The van der Waals surface area contributed by atoms with Crippen molar-refractivity contribution in [1.29, 1.82) is 0 Å². The summed E-state index contributed by atoms with van der Waals surface area (Å²) >= 11 is 0. The smallest absolute Gasteiger partial charge is 0.101 e. The van der Waals surface area contributed by atoms with Crippen LogP contribution in [-0.4, -0.2) is 6.21 Å². The first-order chi connectivity index (χ1) is 18.2. The van der Waals surface area contributed by atoms with E-state index in [0.717, 1.165) is 6.42 Å². The molecule has 0 amide bonds. The second kappa shape index (κ2) is 12.1. The lowest BCUT2D eigenvalue weighted by atomic mass is 9.78. The van der Waals surface area contributed by atoms with Crippen LogP contribution < -0.4 is 0 Å². The Hall–Kier alpha value is -3.19. The Balaban J connectivity index is 1.91. The molecule has 0 atom stereocenters. The molecule has 0 saturated carbocycles. The molecule has 198 valence electrons. The van der Waals surface area contributed by atoms with Gasteiger partial charge in [-0.05, 0) is 73.4 Å². The fraction of sp³-hybridized carbons (Fsp3) is 0.378. The van der Waals surface area contributed by atoms with Crippen LogP contribution in [0, 0.1) is 0 Å². The molecule has 0 heterocycles. The van der Waals surface area contributed by atoms with Crippen molar-refractivity contribution in [3.63, 3.8) is 0 Å². The fourth-order valence-electron chi connectivity index (χ4n) is 5.77. The molecule has 0 aliphatic heterocycles. The minimum atomic E-state index is -0.0255. The summed E-state index contributed by atoms with van der Waals surface area (Å²) in [6.07, 6.45) is 3.00. The van der Waals surface area contributed by atoms with Crippen LogP contribution in [0.5, 0.6) is 0 Å². The third-order valence-electron chi connectivity index (χ3n) is 7.78. The Morgan fingerprint density at radius 3 is 1.42 bits per heavy atom. The van der Waals surface area contributed by atoms with Crippen LogP contribution in [0.25, 0.3) is 10.8 Å². The highest BCUT2D eigenvalue weighted by atomic mass is 14.8. The standard InChI is InChI=1S/C37H45N/c1-24(2)31-15-11-16-32(25(3)4)35(31)37(36-33(26(5)6)17-12-18-34(36)27(7)8)38-22-21-28-19-20-29-13-9-10-14-30(29)23-28/h9-20,22-27,37H,21H2,1-8H3. The van der Waals surface area contributed by atoms with Crippen molar-refractivity contribution in [3.8, 4) is 0 Å². The maximum absolute atomic E-state index is 5.49. The fourth-order valence-corrected chi connectivity index (χ4v) is 5.77. The zero-order chi connectivity index (χ0) is 27.4. The molecule has 38 heavy (non-hydrogen) atoms. The molecule has 4 aromatic rings. The quantitative estimate of drug-likeness (QED) is 0.201. The number of rotatable bonds is 9. The molecule has 4 aromatic carbocycles. The maximum Gasteiger partial charge on any atom is 0.101 e. The minimum Gasteiger partial charge on any atom is -0.284 e. The molecule has 1 nitrogen and oxygen atoms in total. The van der Waals surface area contributed by atoms with Crippen LogP contribution in [-0.2, 0) is 6.42 Å². The Kier molecular flexibility index (Phi) is 8.87. The molecule has 0 aromatic heterocycles. The molecule has 0 saturated heterocycles. The summed E-state index contributed by atoms with van der Waals surface area (Å²) < 4.78 is 0. The van der Waals surface area contributed by atoms with Gasteiger partial charge in [0.1, 0.15) is 6.04 Å². The average Bonchev–Trinajstić information content (AvgIpc) is 2.90. The van der Waals surface area contributed by atoms with E-state index in [-0.39, 0.29) is 6.04 Å². The van der Waals surface area contributed by atoms with Gasteiger partial charge in [-0.1, -0.05) is 134 Å². The van der Waals surface area contributed by atoms with E-state index in [1.807, 2.05) is 0 Å². The molecule has 0 spiro atoms. The van der Waals surface area contributed by atoms with Crippen molar-refractivity contribution in [2.75, 3.05) is 0 Å². The van der Waals surface area contributed by atoms with E-state index >= 15 is 0 Å². The van der Waals surface area contributed by atoms with E-state index in [1.54, 1.807) is 0 Å². The highest BCUT2D eigenvalue weighted by Crippen LogP contribution is 2.43. The predicted octanol–water partition coefficient (Wildman–Crippen LogP) is 10.7. The van der Waals surface area contributed by atoms with Crippen LogP contribution in [0.1, 0.15) is 124 Å². The summed E-state index contributed by atoms with van der Waals surface area (Å²) in [5.74, 6) is 1.71. The second-order valence-corrected chi connectivity index (χ2v) is 11.9. The first-order valence-electron chi connectivity index (χ1n) is 14.4. The van der Waals surface area contributed by atoms with Gasteiger partial charge in [0.2, 0.25) is 0 Å². The van der Waals surface area contributed by atoms with E-state index in [4.69, 9.17) is 4.99 Å². The summed E-state index contributed by atoms with van der Waals surface area (Å²) in [5.41, 5.74) is 9.77. The van der Waals surface area contributed by atoms with E-state index in [0.29, 0.717) is 23.7 Å². The summed E-state index contributed by atoms with van der Waals surface area (Å²) in [6.45, 7) is 18.5. The highest BCUT2D eigenvalue weighted by Gasteiger charge is 2.28. The SMILES string of the molecule is CC(C)c1cccc(C(C)C)c1C(N=CCc1ccc2ccccc2c1)c1c(C(C)C)cccc1C(C)C. The van der Waals surface area contributed by atoms with E-state index in [2.05, 4.69) is 140 Å². The molecule has 0 fully saturated rings. The second-order valence-electron chi connectivity index (χ2n) is 11.9. The monoisotopic (exact) mass is 503 g/mol. The average molecular weight is 504 g/mol. The van der Waals surface area contributed by atoms with Gasteiger partial charge in [-0.25, -0.2) is 0 Å². The van der Waals surface area contributed by atoms with Gasteiger partial charge in [0.15, 0.2) is 0 Å². The first-order valence-corrected chi connectivity index (χ1v) is 14.4. The van der Waals surface area contributed by atoms with Gasteiger partial charge >= 0.3 is 0 Å². The lowest BCUT2D eigenvalue weighted by Crippen LogP contribution is -2.14. The molecule has 0 N–H and O–H groups in total. The molecular formula is C37H45N. The molecule has 0 aliphatic carbocycles. The number of fused-ring (bicyclic) bond motifs is 1. The molecule has 0 bridgehead atoms. The molecule has 0 aliphatic rings. The molecule has 0 radical (unpaired) electrons. The summed E-state index contributed by atoms with van der Waals surface area (Å²) in [5, 5.41) is 2.57. The van der Waals surface area contributed by atoms with Crippen molar-refractivity contribution in [3.05, 3.63) is 118 Å². The topological polar surface area (TPSA) is 12.4 Å². The lowest BCUT2D eigenvalue weighted by molar-refractivity contribution is 0.717. The predicted molar refractivity (Wildman–Crippen MR) is 167 cm³/mol. The van der Waals surface area contributed by atoms with E-state index < -0.39 is 0 Å². The van der Waals surface area contributed by atoms with Gasteiger partial charge < -0.3 is 0 Å². The third-order valence-corrected chi connectivity index (χ3v) is 7.78. The van der Waals surface area contributed by atoms with Gasteiger partial charge in [0.05, 0.1) is 0 Å². The zero-order valence-corrected chi connectivity index (χ0v) is 24.6. The van der Waals surface area contributed by atoms with Gasteiger partial charge in [0, 0.05) is 12.6 Å². The van der Waals surface area contributed by atoms with Crippen LogP contribution in [0.2, 0.25) is 0 Å². The lowest BCUT2D eigenvalue weighted by Gasteiger charge is -2.30. The third kappa shape index (κ3) is 5.93. The van der Waals surface area contributed by atoms with Crippen molar-refractivity contribution in [2.24, 2.45) is 4.99 Å². The van der Waals surface area contributed by atoms with Crippen LogP contribution in [0.15, 0.2) is 83.9 Å². The first kappa shape index (κ1) is 27.8. The molecule has 4 rings (SSSR count). The number of hydrogen-bond donors (Lipinski definition) is 0. The number of hydrogen-bond acceptors (Lipinski definition) is 1. The van der Waals surface area contributed by atoms with Crippen LogP contribution >= 0.6 is 0 Å². The summed E-state index contributed by atoms with van der Waals surface area (Å²) in [4.78, 5) is 5.49. The van der Waals surface area contributed by atoms with E-state index in [1.165, 1.54) is 49.7 Å². The summed E-state index contributed by atoms with van der Waals surface area (Å²) in [6, 6.07) is 29.1. The Morgan fingerprint density at radius 1 is 0.526 bits per heavy atom. The van der Waals surface area contributed by atoms with Gasteiger partial charge in [0.25, 0.3) is 0 Å². The molecule has 0 unspecified atom stereocenters. The Labute approximate surface area is 231 Å². The number of aliphatic imine (C=N–C) groups is 1. The van der Waals surface area contributed by atoms with E-state index in [9.17, 15) is 0 Å². The molecule has 1 heteroatoms. The normalized spacial score (nSPS) is 12.3. The van der Waals surface area contributed by atoms with Crippen molar-refractivity contribution in [2.45, 2.75) is 91.5 Å². The van der Waals surface area contributed by atoms with Gasteiger partial charge in [-0.15, -0.1) is 0 Å². The van der Waals surface area contributed by atoms with Gasteiger partial charge in [-0.2, -0.15) is 0 Å². The molecular weight excluding hydrogens is 458 g/mol. The number of benzene rings is 4. The van der Waals surface area contributed by atoms with Gasteiger partial charge in [-0.3, -0.25) is 4.99 Å². The van der Waals surface area contributed by atoms with Crippen LogP contribution in [0.3, 0.4) is 0 Å². The highest BCUT2D eigenvalue weighted by molar-refractivity contribution is 5.83. The zero-order valence-electron chi connectivity index (χ0n) is 24.6. The Bertz CT molecular complexity index is 1290. The maximum atomic E-state index is 5.49. The Morgan fingerprint density at radius 2 is 0.974 bits per heavy atom. The summed E-state index contributed by atoms with van der Waals surface area (Å²) in [7, 11) is 0. The van der Waals surface area contributed by atoms with Crippen molar-refractivity contribution < 1.29 is 0 Å². The number of nitrogens with zero attached hydrogens (tertiary/aromatic N) is 1. The van der Waals surface area contributed by atoms with Crippen LogP contribution in [0.4, 0.5) is 0 Å². The van der Waals surface area contributed by atoms with Crippen molar-refractivity contribution in [1.82, 2.24) is 0 Å². The minimum absolute atomic E-state index is 0.0255. The largest absolute Gasteiger partial charge is 0.284 e.